The summed E-state index contributed by atoms with van der Waals surface area (Å²) in [4.78, 5) is 35.2. The first kappa shape index (κ1) is 17.5. The highest BCUT2D eigenvalue weighted by Gasteiger charge is 2.26. The van der Waals surface area contributed by atoms with Crippen LogP contribution >= 0.6 is 0 Å². The minimum Gasteiger partial charge on any atom is -0.373 e. The zero-order valence-electron chi connectivity index (χ0n) is 14.6. The molecule has 0 unspecified atom stereocenters. The van der Waals surface area contributed by atoms with Crippen LogP contribution in [0.15, 0.2) is 60.7 Å². The maximum Gasteiger partial charge on any atom is 0.269 e. The number of hydrogen-bond acceptors (Lipinski definition) is 5. The van der Waals surface area contributed by atoms with E-state index in [1.165, 1.54) is 24.3 Å². The molecule has 1 atom stereocenters. The highest BCUT2D eigenvalue weighted by molar-refractivity contribution is 6.13. The first-order valence-corrected chi connectivity index (χ1v) is 8.65. The van der Waals surface area contributed by atoms with E-state index in [4.69, 9.17) is 0 Å². The SMILES string of the molecule is O=C(C[C@H]1Nc2cccc3cccc(c23)NC1=O)Nc1ccc([N+](=O)[O-])cc1. The van der Waals surface area contributed by atoms with Crippen molar-refractivity contribution >= 4 is 45.3 Å². The van der Waals surface area contributed by atoms with Crippen LogP contribution in [0.3, 0.4) is 0 Å². The normalized spacial score (nSPS) is 15.3. The Balaban J connectivity index is 1.51. The molecule has 1 aliphatic rings. The number of nitrogens with one attached hydrogen (secondary N) is 3. The van der Waals surface area contributed by atoms with Crippen LogP contribution in [0, 0.1) is 10.1 Å². The number of nitrogens with zero attached hydrogens (tertiary/aromatic N) is 1. The highest BCUT2D eigenvalue weighted by Crippen LogP contribution is 2.33. The molecule has 8 heteroatoms. The van der Waals surface area contributed by atoms with E-state index in [0.717, 1.165) is 16.5 Å². The maximum absolute atomic E-state index is 12.6. The van der Waals surface area contributed by atoms with E-state index in [0.29, 0.717) is 11.4 Å². The zero-order chi connectivity index (χ0) is 19.7. The van der Waals surface area contributed by atoms with Crippen molar-refractivity contribution in [1.29, 1.82) is 0 Å². The Morgan fingerprint density at radius 2 is 1.71 bits per heavy atom. The molecule has 3 aromatic carbocycles. The fourth-order valence-electron chi connectivity index (χ4n) is 3.25. The summed E-state index contributed by atoms with van der Waals surface area (Å²) < 4.78 is 0. The number of carbonyl (C=O) groups is 2. The summed E-state index contributed by atoms with van der Waals surface area (Å²) in [7, 11) is 0. The van der Waals surface area contributed by atoms with E-state index in [9.17, 15) is 19.7 Å². The molecule has 0 saturated carbocycles. The lowest BCUT2D eigenvalue weighted by atomic mass is 10.1. The summed E-state index contributed by atoms with van der Waals surface area (Å²) in [6.45, 7) is 0. The van der Waals surface area contributed by atoms with Gasteiger partial charge in [0.05, 0.1) is 17.0 Å². The van der Waals surface area contributed by atoms with E-state index in [1.54, 1.807) is 0 Å². The Morgan fingerprint density at radius 3 is 2.39 bits per heavy atom. The number of nitro groups is 1. The average Bonchev–Trinajstić information content (AvgIpc) is 2.80. The first-order valence-electron chi connectivity index (χ1n) is 8.65. The fraction of sp³-hybridized carbons (Fsp3) is 0.100. The monoisotopic (exact) mass is 376 g/mol. The highest BCUT2D eigenvalue weighted by atomic mass is 16.6. The summed E-state index contributed by atoms with van der Waals surface area (Å²) in [6, 6.07) is 16.1. The molecule has 0 aliphatic carbocycles. The van der Waals surface area contributed by atoms with Crippen LogP contribution in [0.4, 0.5) is 22.7 Å². The molecule has 0 spiro atoms. The van der Waals surface area contributed by atoms with Gasteiger partial charge in [-0.05, 0) is 29.7 Å². The largest absolute Gasteiger partial charge is 0.373 e. The number of anilines is 3. The van der Waals surface area contributed by atoms with Gasteiger partial charge in [-0.2, -0.15) is 0 Å². The van der Waals surface area contributed by atoms with Gasteiger partial charge in [-0.25, -0.2) is 0 Å². The molecule has 0 radical (unpaired) electrons. The zero-order valence-corrected chi connectivity index (χ0v) is 14.6. The van der Waals surface area contributed by atoms with Gasteiger partial charge in [-0.15, -0.1) is 0 Å². The van der Waals surface area contributed by atoms with Gasteiger partial charge in [-0.1, -0.05) is 24.3 Å². The molecule has 4 rings (SSSR count). The van der Waals surface area contributed by atoms with E-state index < -0.39 is 11.0 Å². The van der Waals surface area contributed by atoms with E-state index in [1.807, 2.05) is 36.4 Å². The van der Waals surface area contributed by atoms with E-state index in [2.05, 4.69) is 16.0 Å². The predicted octanol–water partition coefficient (Wildman–Crippen LogP) is 3.51. The number of amides is 2. The van der Waals surface area contributed by atoms with Crippen molar-refractivity contribution in [3.05, 3.63) is 70.8 Å². The maximum atomic E-state index is 12.6. The minimum atomic E-state index is -0.754. The molecular weight excluding hydrogens is 360 g/mol. The number of benzene rings is 3. The molecule has 3 aromatic rings. The predicted molar refractivity (Wildman–Crippen MR) is 106 cm³/mol. The van der Waals surface area contributed by atoms with Gasteiger partial charge < -0.3 is 16.0 Å². The van der Waals surface area contributed by atoms with Crippen LogP contribution in [0.1, 0.15) is 6.42 Å². The average molecular weight is 376 g/mol. The lowest BCUT2D eigenvalue weighted by Gasteiger charge is -2.16. The summed E-state index contributed by atoms with van der Waals surface area (Å²) in [5.74, 6) is -0.679. The number of non-ortho nitro benzene ring substituents is 1. The molecule has 8 nitrogen and oxygen atoms in total. The second-order valence-electron chi connectivity index (χ2n) is 6.45. The van der Waals surface area contributed by atoms with Crippen molar-refractivity contribution in [3.8, 4) is 0 Å². The second kappa shape index (κ2) is 6.99. The first-order chi connectivity index (χ1) is 13.5. The third-order valence-electron chi connectivity index (χ3n) is 4.56. The third-order valence-corrected chi connectivity index (χ3v) is 4.56. The van der Waals surface area contributed by atoms with E-state index in [-0.39, 0.29) is 23.9 Å². The van der Waals surface area contributed by atoms with Gasteiger partial charge in [0.2, 0.25) is 11.8 Å². The molecular formula is C20H16N4O4. The van der Waals surface area contributed by atoms with Gasteiger partial charge in [0.15, 0.2) is 0 Å². The van der Waals surface area contributed by atoms with Gasteiger partial charge in [0.1, 0.15) is 6.04 Å². The molecule has 1 heterocycles. The van der Waals surface area contributed by atoms with Crippen LogP contribution in [-0.2, 0) is 9.59 Å². The lowest BCUT2D eigenvalue weighted by Crippen LogP contribution is -2.36. The van der Waals surface area contributed by atoms with Crippen molar-refractivity contribution in [3.63, 3.8) is 0 Å². The third kappa shape index (κ3) is 3.35. The Bertz CT molecular complexity index is 1090. The van der Waals surface area contributed by atoms with Gasteiger partial charge >= 0.3 is 0 Å². The van der Waals surface area contributed by atoms with Crippen molar-refractivity contribution in [1.82, 2.24) is 0 Å². The van der Waals surface area contributed by atoms with Crippen molar-refractivity contribution in [2.24, 2.45) is 0 Å². The Labute approximate surface area is 159 Å². The summed E-state index contributed by atoms with van der Waals surface area (Å²) in [5, 5.41) is 21.3. The van der Waals surface area contributed by atoms with Crippen LogP contribution in [-0.4, -0.2) is 22.8 Å². The minimum absolute atomic E-state index is 0.0614. The molecule has 3 N–H and O–H groups in total. The van der Waals surface area contributed by atoms with Gasteiger partial charge in [-0.3, -0.25) is 19.7 Å². The number of carbonyl (C=O) groups excluding carboxylic acids is 2. The molecule has 1 aliphatic heterocycles. The van der Waals surface area contributed by atoms with Crippen LogP contribution < -0.4 is 16.0 Å². The Hall–Kier alpha value is -3.94. The van der Waals surface area contributed by atoms with Crippen molar-refractivity contribution < 1.29 is 14.5 Å². The quantitative estimate of drug-likeness (QED) is 0.476. The van der Waals surface area contributed by atoms with Gasteiger partial charge in [0.25, 0.3) is 5.69 Å². The van der Waals surface area contributed by atoms with Crippen molar-refractivity contribution in [2.45, 2.75) is 12.5 Å². The molecule has 28 heavy (non-hydrogen) atoms. The Morgan fingerprint density at radius 1 is 1.04 bits per heavy atom. The van der Waals surface area contributed by atoms with Crippen LogP contribution in [0.5, 0.6) is 0 Å². The Kier molecular flexibility index (Phi) is 4.36. The lowest BCUT2D eigenvalue weighted by molar-refractivity contribution is -0.384. The van der Waals surface area contributed by atoms with E-state index >= 15 is 0 Å². The molecule has 0 saturated heterocycles. The summed E-state index contributed by atoms with van der Waals surface area (Å²) in [6.07, 6.45) is -0.0901. The van der Waals surface area contributed by atoms with Crippen molar-refractivity contribution in [2.75, 3.05) is 16.0 Å². The summed E-state index contributed by atoms with van der Waals surface area (Å²) in [5.41, 5.74) is 1.84. The summed E-state index contributed by atoms with van der Waals surface area (Å²) >= 11 is 0. The number of rotatable bonds is 4. The van der Waals surface area contributed by atoms with Crippen LogP contribution in [0.25, 0.3) is 10.8 Å². The number of nitro benzene ring substituents is 1. The smallest absolute Gasteiger partial charge is 0.269 e. The standard InChI is InChI=1S/C20H16N4O4/c25-18(21-13-7-9-14(10-8-13)24(27)28)11-17-20(26)23-16-6-2-4-12-3-1-5-15(22-17)19(12)16/h1-10,17,22H,11H2,(H,21,25)(H,23,26)/t17-/m1/s1. The number of hydrogen-bond donors (Lipinski definition) is 3. The fourth-order valence-corrected chi connectivity index (χ4v) is 3.25. The van der Waals surface area contributed by atoms with Crippen LogP contribution in [0.2, 0.25) is 0 Å². The molecule has 0 fully saturated rings. The molecule has 0 bridgehead atoms. The second-order valence-corrected chi connectivity index (χ2v) is 6.45. The van der Waals surface area contributed by atoms with Gasteiger partial charge in [0, 0.05) is 28.9 Å². The molecule has 2 amide bonds. The molecule has 0 aromatic heterocycles. The topological polar surface area (TPSA) is 113 Å². The molecule has 140 valence electrons.